The van der Waals surface area contributed by atoms with Gasteiger partial charge >= 0.3 is 0 Å². The van der Waals surface area contributed by atoms with Gasteiger partial charge in [0.2, 0.25) is 11.8 Å². The third-order valence-electron chi connectivity index (χ3n) is 1.62. The molecule has 2 rings (SSSR count). The van der Waals surface area contributed by atoms with Crippen LogP contribution in [-0.4, -0.2) is 19.5 Å². The standard InChI is InChI=1S/C8H6N6/c9-5-7-11-3-4-14(7)8-12-2-1-6(10)13-8/h1-4H,(H2,10,12,13). The van der Waals surface area contributed by atoms with Crippen LogP contribution in [0.1, 0.15) is 5.82 Å². The number of anilines is 1. The first kappa shape index (κ1) is 8.19. The number of imidazole rings is 1. The molecule has 0 aliphatic rings. The lowest BCUT2D eigenvalue weighted by Crippen LogP contribution is -2.04. The number of nitriles is 1. The van der Waals surface area contributed by atoms with Crippen molar-refractivity contribution in [3.63, 3.8) is 0 Å². The molecule has 2 heterocycles. The van der Waals surface area contributed by atoms with Crippen LogP contribution >= 0.6 is 0 Å². The van der Waals surface area contributed by atoms with Gasteiger partial charge in [0, 0.05) is 18.6 Å². The smallest absolute Gasteiger partial charge is 0.237 e. The number of nitrogens with two attached hydrogens (primary N) is 1. The topological polar surface area (TPSA) is 93.4 Å². The lowest BCUT2D eigenvalue weighted by molar-refractivity contribution is 0.911. The summed E-state index contributed by atoms with van der Waals surface area (Å²) in [4.78, 5) is 11.8. The summed E-state index contributed by atoms with van der Waals surface area (Å²) in [5.41, 5.74) is 5.49. The van der Waals surface area contributed by atoms with Gasteiger partial charge in [-0.15, -0.1) is 0 Å². The Bertz CT molecular complexity index is 495. The first-order valence-electron chi connectivity index (χ1n) is 3.83. The van der Waals surface area contributed by atoms with Crippen molar-refractivity contribution in [2.24, 2.45) is 0 Å². The molecule has 14 heavy (non-hydrogen) atoms. The highest BCUT2D eigenvalue weighted by atomic mass is 15.2. The van der Waals surface area contributed by atoms with Crippen LogP contribution in [0.5, 0.6) is 0 Å². The normalized spacial score (nSPS) is 9.64. The molecule has 0 fully saturated rings. The highest BCUT2D eigenvalue weighted by Gasteiger charge is 2.05. The molecule has 6 nitrogen and oxygen atoms in total. The lowest BCUT2D eigenvalue weighted by Gasteiger charge is -2.00. The first-order chi connectivity index (χ1) is 6.81. The Hall–Kier alpha value is -2.42. The SMILES string of the molecule is N#Cc1nccn1-c1nccc(N)n1. The van der Waals surface area contributed by atoms with Gasteiger partial charge in [-0.25, -0.2) is 9.97 Å². The average molecular weight is 186 g/mol. The van der Waals surface area contributed by atoms with E-state index in [4.69, 9.17) is 11.0 Å². The monoisotopic (exact) mass is 186 g/mol. The summed E-state index contributed by atoms with van der Waals surface area (Å²) in [6.45, 7) is 0. The Labute approximate surface area is 79.7 Å². The van der Waals surface area contributed by atoms with Gasteiger partial charge in [0.05, 0.1) is 0 Å². The third kappa shape index (κ3) is 1.27. The Morgan fingerprint density at radius 1 is 1.36 bits per heavy atom. The lowest BCUT2D eigenvalue weighted by atomic mass is 10.6. The van der Waals surface area contributed by atoms with E-state index >= 15 is 0 Å². The Balaban J connectivity index is 2.56. The molecule has 2 N–H and O–H groups in total. The van der Waals surface area contributed by atoms with Crippen LogP contribution < -0.4 is 5.73 Å². The number of hydrogen-bond acceptors (Lipinski definition) is 5. The second kappa shape index (κ2) is 3.14. The predicted octanol–water partition coefficient (Wildman–Crippen LogP) is 0.116. The van der Waals surface area contributed by atoms with E-state index in [2.05, 4.69) is 15.0 Å². The Kier molecular flexibility index (Phi) is 1.84. The minimum Gasteiger partial charge on any atom is -0.384 e. The van der Waals surface area contributed by atoms with Crippen LogP contribution in [0, 0.1) is 11.3 Å². The number of hydrogen-bond donors (Lipinski definition) is 1. The van der Waals surface area contributed by atoms with Crippen molar-refractivity contribution in [1.29, 1.82) is 5.26 Å². The first-order valence-corrected chi connectivity index (χ1v) is 3.83. The van der Waals surface area contributed by atoms with Crippen LogP contribution in [0.25, 0.3) is 5.95 Å². The number of aromatic nitrogens is 4. The summed E-state index contributed by atoms with van der Waals surface area (Å²) in [7, 11) is 0. The zero-order valence-corrected chi connectivity index (χ0v) is 7.12. The Morgan fingerprint density at radius 2 is 2.21 bits per heavy atom. The summed E-state index contributed by atoms with van der Waals surface area (Å²) in [6, 6.07) is 3.50. The van der Waals surface area contributed by atoms with Gasteiger partial charge in [-0.05, 0) is 6.07 Å². The molecule has 0 radical (unpaired) electrons. The molecule has 68 valence electrons. The summed E-state index contributed by atoms with van der Waals surface area (Å²) in [5, 5.41) is 8.72. The number of rotatable bonds is 1. The van der Waals surface area contributed by atoms with Gasteiger partial charge < -0.3 is 5.73 Å². The van der Waals surface area contributed by atoms with Gasteiger partial charge in [0.1, 0.15) is 11.9 Å². The summed E-state index contributed by atoms with van der Waals surface area (Å²) in [5.74, 6) is 0.933. The van der Waals surface area contributed by atoms with Crippen molar-refractivity contribution in [3.05, 3.63) is 30.5 Å². The molecular weight excluding hydrogens is 180 g/mol. The molecule has 0 amide bonds. The zero-order valence-electron chi connectivity index (χ0n) is 7.12. The van der Waals surface area contributed by atoms with Crippen LogP contribution in [-0.2, 0) is 0 Å². The molecule has 0 aliphatic heterocycles. The average Bonchev–Trinajstić information content (AvgIpc) is 2.65. The molecule has 6 heteroatoms. The van der Waals surface area contributed by atoms with E-state index in [0.717, 1.165) is 0 Å². The maximum atomic E-state index is 8.72. The maximum absolute atomic E-state index is 8.72. The van der Waals surface area contributed by atoms with Crippen molar-refractivity contribution in [3.8, 4) is 12.0 Å². The zero-order chi connectivity index (χ0) is 9.97. The summed E-state index contributed by atoms with van der Waals surface area (Å²) in [6.07, 6.45) is 4.64. The van der Waals surface area contributed by atoms with E-state index in [-0.39, 0.29) is 5.82 Å². The maximum Gasteiger partial charge on any atom is 0.237 e. The van der Waals surface area contributed by atoms with E-state index in [1.807, 2.05) is 6.07 Å². The molecule has 0 saturated carbocycles. The Morgan fingerprint density at radius 3 is 2.93 bits per heavy atom. The van der Waals surface area contributed by atoms with Crippen LogP contribution in [0.4, 0.5) is 5.82 Å². The molecule has 0 spiro atoms. The predicted molar refractivity (Wildman–Crippen MR) is 48.3 cm³/mol. The fourth-order valence-corrected chi connectivity index (χ4v) is 1.03. The fourth-order valence-electron chi connectivity index (χ4n) is 1.03. The van der Waals surface area contributed by atoms with Crippen molar-refractivity contribution in [2.45, 2.75) is 0 Å². The molecule has 0 unspecified atom stereocenters. The number of nitrogen functional groups attached to an aromatic ring is 1. The molecular formula is C8H6N6. The van der Waals surface area contributed by atoms with Crippen LogP contribution in [0.15, 0.2) is 24.7 Å². The quantitative estimate of drug-likeness (QED) is 0.682. The van der Waals surface area contributed by atoms with Crippen molar-refractivity contribution < 1.29 is 0 Å². The van der Waals surface area contributed by atoms with Crippen LogP contribution in [0.2, 0.25) is 0 Å². The van der Waals surface area contributed by atoms with E-state index in [1.54, 1.807) is 12.3 Å². The molecule has 2 aromatic heterocycles. The molecule has 0 aliphatic carbocycles. The van der Waals surface area contributed by atoms with E-state index in [1.165, 1.54) is 17.0 Å². The highest BCUT2D eigenvalue weighted by Crippen LogP contribution is 2.05. The van der Waals surface area contributed by atoms with Gasteiger partial charge in [0.15, 0.2) is 0 Å². The second-order valence-corrected chi connectivity index (χ2v) is 2.51. The molecule has 2 aromatic rings. The minimum atomic E-state index is 0.232. The summed E-state index contributed by atoms with van der Waals surface area (Å²) >= 11 is 0. The molecule has 0 atom stereocenters. The van der Waals surface area contributed by atoms with Crippen LogP contribution in [0.3, 0.4) is 0 Å². The van der Waals surface area contributed by atoms with Gasteiger partial charge in [-0.1, -0.05) is 0 Å². The van der Waals surface area contributed by atoms with E-state index in [0.29, 0.717) is 11.8 Å². The second-order valence-electron chi connectivity index (χ2n) is 2.51. The van der Waals surface area contributed by atoms with E-state index in [9.17, 15) is 0 Å². The van der Waals surface area contributed by atoms with Gasteiger partial charge in [-0.3, -0.25) is 4.57 Å². The molecule has 0 saturated heterocycles. The van der Waals surface area contributed by atoms with Crippen molar-refractivity contribution >= 4 is 5.82 Å². The van der Waals surface area contributed by atoms with Gasteiger partial charge in [-0.2, -0.15) is 10.2 Å². The number of nitrogens with zero attached hydrogens (tertiary/aromatic N) is 5. The highest BCUT2D eigenvalue weighted by molar-refractivity contribution is 5.31. The third-order valence-corrected chi connectivity index (χ3v) is 1.62. The minimum absolute atomic E-state index is 0.232. The largest absolute Gasteiger partial charge is 0.384 e. The van der Waals surface area contributed by atoms with Crippen molar-refractivity contribution in [1.82, 2.24) is 19.5 Å². The van der Waals surface area contributed by atoms with Gasteiger partial charge in [0.25, 0.3) is 0 Å². The molecule has 0 bridgehead atoms. The van der Waals surface area contributed by atoms with Crippen molar-refractivity contribution in [2.75, 3.05) is 5.73 Å². The molecule has 0 aromatic carbocycles. The fraction of sp³-hybridized carbons (Fsp3) is 0. The van der Waals surface area contributed by atoms with E-state index < -0.39 is 0 Å². The summed E-state index contributed by atoms with van der Waals surface area (Å²) < 4.78 is 1.47.